The molecule has 5 nitrogen and oxygen atoms in total. The number of nitrogens with zero attached hydrogens (tertiary/aromatic N) is 1. The van der Waals surface area contributed by atoms with E-state index in [1.54, 1.807) is 23.1 Å². The smallest absolute Gasteiger partial charge is 0.260 e. The van der Waals surface area contributed by atoms with Crippen LogP contribution in [-0.4, -0.2) is 42.2 Å². The molecule has 0 fully saturated rings. The molecule has 0 radical (unpaired) electrons. The van der Waals surface area contributed by atoms with Crippen molar-refractivity contribution in [3.63, 3.8) is 0 Å². The van der Waals surface area contributed by atoms with Gasteiger partial charge in [0.15, 0.2) is 18.1 Å². The first kappa shape index (κ1) is 16.3. The Kier molecular flexibility index (Phi) is 6.87. The van der Waals surface area contributed by atoms with Gasteiger partial charge in [0.25, 0.3) is 5.91 Å². The standard InChI is InChI=1S/C15H23NO4/c1-4-16(5-2)15(18)11-20-13-8-7-12(10-17)9-14(13)19-6-3/h7-9,17H,4-6,10-11H2,1-3H3. The van der Waals surface area contributed by atoms with E-state index in [-0.39, 0.29) is 19.1 Å². The van der Waals surface area contributed by atoms with Gasteiger partial charge < -0.3 is 19.5 Å². The third-order valence-corrected chi connectivity index (χ3v) is 2.96. The third-order valence-electron chi connectivity index (χ3n) is 2.96. The average Bonchev–Trinajstić information content (AvgIpc) is 2.47. The van der Waals surface area contributed by atoms with Crippen molar-refractivity contribution in [2.24, 2.45) is 0 Å². The van der Waals surface area contributed by atoms with E-state index in [1.165, 1.54) is 0 Å². The van der Waals surface area contributed by atoms with Crippen LogP contribution in [0.4, 0.5) is 0 Å². The maximum absolute atomic E-state index is 11.9. The normalized spacial score (nSPS) is 10.2. The van der Waals surface area contributed by atoms with Gasteiger partial charge in [-0.1, -0.05) is 6.07 Å². The molecule has 0 saturated heterocycles. The fourth-order valence-corrected chi connectivity index (χ4v) is 1.85. The molecule has 0 heterocycles. The van der Waals surface area contributed by atoms with Crippen LogP contribution in [-0.2, 0) is 11.4 Å². The second-order valence-corrected chi connectivity index (χ2v) is 4.23. The largest absolute Gasteiger partial charge is 0.490 e. The van der Waals surface area contributed by atoms with Gasteiger partial charge in [0.2, 0.25) is 0 Å². The lowest BCUT2D eigenvalue weighted by Gasteiger charge is -2.19. The van der Waals surface area contributed by atoms with Gasteiger partial charge >= 0.3 is 0 Å². The Hall–Kier alpha value is -1.75. The van der Waals surface area contributed by atoms with Crippen molar-refractivity contribution in [2.45, 2.75) is 27.4 Å². The summed E-state index contributed by atoms with van der Waals surface area (Å²) in [6, 6.07) is 5.19. The second kappa shape index (κ2) is 8.43. The molecule has 20 heavy (non-hydrogen) atoms. The molecule has 0 aliphatic carbocycles. The van der Waals surface area contributed by atoms with Crippen LogP contribution >= 0.6 is 0 Å². The van der Waals surface area contributed by atoms with Crippen LogP contribution in [0, 0.1) is 0 Å². The number of aliphatic hydroxyl groups is 1. The number of benzene rings is 1. The lowest BCUT2D eigenvalue weighted by molar-refractivity contribution is -0.132. The maximum atomic E-state index is 11.9. The molecule has 0 bridgehead atoms. The van der Waals surface area contributed by atoms with Gasteiger partial charge in [-0.3, -0.25) is 4.79 Å². The average molecular weight is 281 g/mol. The van der Waals surface area contributed by atoms with Gasteiger partial charge in [-0.15, -0.1) is 0 Å². The fraction of sp³-hybridized carbons (Fsp3) is 0.533. The van der Waals surface area contributed by atoms with Crippen molar-refractivity contribution in [2.75, 3.05) is 26.3 Å². The molecule has 1 aromatic carbocycles. The molecule has 1 amide bonds. The van der Waals surface area contributed by atoms with Crippen molar-refractivity contribution >= 4 is 5.91 Å². The van der Waals surface area contributed by atoms with Gasteiger partial charge in [0.05, 0.1) is 13.2 Å². The zero-order valence-electron chi connectivity index (χ0n) is 12.4. The summed E-state index contributed by atoms with van der Waals surface area (Å²) in [4.78, 5) is 13.6. The Morgan fingerprint density at radius 3 is 2.40 bits per heavy atom. The summed E-state index contributed by atoms with van der Waals surface area (Å²) in [6.07, 6.45) is 0. The number of rotatable bonds is 8. The van der Waals surface area contributed by atoms with E-state index in [1.807, 2.05) is 20.8 Å². The van der Waals surface area contributed by atoms with E-state index in [2.05, 4.69) is 0 Å². The molecule has 0 saturated carbocycles. The molecule has 0 spiro atoms. The highest BCUT2D eigenvalue weighted by molar-refractivity contribution is 5.77. The molecule has 0 aliphatic rings. The van der Waals surface area contributed by atoms with Crippen LogP contribution in [0.25, 0.3) is 0 Å². The predicted molar refractivity (Wildman–Crippen MR) is 77.0 cm³/mol. The van der Waals surface area contributed by atoms with Crippen LogP contribution in [0.3, 0.4) is 0 Å². The third kappa shape index (κ3) is 4.42. The summed E-state index contributed by atoms with van der Waals surface area (Å²) in [7, 11) is 0. The summed E-state index contributed by atoms with van der Waals surface area (Å²) in [5.74, 6) is 1.01. The molecule has 0 atom stereocenters. The molecule has 1 N–H and O–H groups in total. The van der Waals surface area contributed by atoms with Gasteiger partial charge in [-0.25, -0.2) is 0 Å². The summed E-state index contributed by atoms with van der Waals surface area (Å²) in [6.45, 7) is 7.50. The van der Waals surface area contributed by atoms with Crippen LogP contribution in [0.5, 0.6) is 11.5 Å². The zero-order valence-corrected chi connectivity index (χ0v) is 12.4. The Balaban J connectivity index is 2.73. The highest BCUT2D eigenvalue weighted by atomic mass is 16.5. The molecule has 0 aromatic heterocycles. The van der Waals surface area contributed by atoms with Crippen molar-refractivity contribution < 1.29 is 19.4 Å². The van der Waals surface area contributed by atoms with E-state index in [4.69, 9.17) is 14.6 Å². The SMILES string of the molecule is CCOc1cc(CO)ccc1OCC(=O)N(CC)CC. The second-order valence-electron chi connectivity index (χ2n) is 4.23. The van der Waals surface area contributed by atoms with Crippen LogP contribution in [0.1, 0.15) is 26.3 Å². The number of amides is 1. The van der Waals surface area contributed by atoms with Gasteiger partial charge in [-0.05, 0) is 38.5 Å². The quantitative estimate of drug-likeness (QED) is 0.789. The van der Waals surface area contributed by atoms with Crippen molar-refractivity contribution in [1.29, 1.82) is 0 Å². The van der Waals surface area contributed by atoms with Gasteiger partial charge in [-0.2, -0.15) is 0 Å². The highest BCUT2D eigenvalue weighted by Gasteiger charge is 2.12. The van der Waals surface area contributed by atoms with Crippen LogP contribution in [0.15, 0.2) is 18.2 Å². The monoisotopic (exact) mass is 281 g/mol. The van der Waals surface area contributed by atoms with Crippen LogP contribution in [0.2, 0.25) is 0 Å². The fourth-order valence-electron chi connectivity index (χ4n) is 1.85. The molecule has 0 unspecified atom stereocenters. The first-order valence-corrected chi connectivity index (χ1v) is 6.93. The van der Waals surface area contributed by atoms with Gasteiger partial charge in [0.1, 0.15) is 0 Å². The predicted octanol–water partition coefficient (Wildman–Crippen LogP) is 1.82. The van der Waals surface area contributed by atoms with E-state index in [0.717, 1.165) is 5.56 Å². The Labute approximate surface area is 120 Å². The van der Waals surface area contributed by atoms with E-state index in [9.17, 15) is 4.79 Å². The summed E-state index contributed by atoms with van der Waals surface area (Å²) in [5.41, 5.74) is 0.746. The van der Waals surface area contributed by atoms with E-state index >= 15 is 0 Å². The molecule has 5 heteroatoms. The van der Waals surface area contributed by atoms with E-state index < -0.39 is 0 Å². The number of aliphatic hydroxyl groups excluding tert-OH is 1. The minimum atomic E-state index is -0.0568. The van der Waals surface area contributed by atoms with Crippen molar-refractivity contribution in [3.05, 3.63) is 23.8 Å². The Bertz CT molecular complexity index is 430. The highest BCUT2D eigenvalue weighted by Crippen LogP contribution is 2.28. The summed E-state index contributed by atoms with van der Waals surface area (Å²) < 4.78 is 11.0. The Morgan fingerprint density at radius 1 is 1.15 bits per heavy atom. The summed E-state index contributed by atoms with van der Waals surface area (Å²) in [5, 5.41) is 9.12. The van der Waals surface area contributed by atoms with Crippen molar-refractivity contribution in [3.8, 4) is 11.5 Å². The minimum absolute atomic E-state index is 0.0137. The molecule has 1 rings (SSSR count). The maximum Gasteiger partial charge on any atom is 0.260 e. The van der Waals surface area contributed by atoms with Crippen molar-refractivity contribution in [1.82, 2.24) is 4.90 Å². The first-order valence-electron chi connectivity index (χ1n) is 6.93. The number of likely N-dealkylation sites (N-methyl/N-ethyl adjacent to an activating group) is 1. The topological polar surface area (TPSA) is 59.0 Å². The lowest BCUT2D eigenvalue weighted by Crippen LogP contribution is -2.34. The number of hydrogen-bond acceptors (Lipinski definition) is 4. The minimum Gasteiger partial charge on any atom is -0.490 e. The lowest BCUT2D eigenvalue weighted by atomic mass is 10.2. The Morgan fingerprint density at radius 2 is 1.85 bits per heavy atom. The number of hydrogen-bond donors (Lipinski definition) is 1. The first-order chi connectivity index (χ1) is 9.65. The molecule has 112 valence electrons. The van der Waals surface area contributed by atoms with Gasteiger partial charge in [0, 0.05) is 13.1 Å². The van der Waals surface area contributed by atoms with Crippen LogP contribution < -0.4 is 9.47 Å². The molecular formula is C15H23NO4. The molecule has 1 aromatic rings. The number of ether oxygens (including phenoxy) is 2. The molecule has 0 aliphatic heterocycles. The number of carbonyl (C=O) groups excluding carboxylic acids is 1. The summed E-state index contributed by atoms with van der Waals surface area (Å²) >= 11 is 0. The number of carbonyl (C=O) groups is 1. The zero-order chi connectivity index (χ0) is 15.0. The molecular weight excluding hydrogens is 258 g/mol. The van der Waals surface area contributed by atoms with E-state index in [0.29, 0.717) is 31.2 Å².